The van der Waals surface area contributed by atoms with E-state index < -0.39 is 0 Å². The Kier molecular flexibility index (Phi) is 9.97. The molecule has 5 nitrogen and oxygen atoms in total. The first-order valence-electron chi connectivity index (χ1n) is 22.7. The third kappa shape index (κ3) is 6.00. The van der Waals surface area contributed by atoms with Crippen LogP contribution in [0.3, 0.4) is 0 Å². The van der Waals surface area contributed by atoms with E-state index in [1.165, 1.54) is 48.3 Å². The molecule has 62 heavy (non-hydrogen) atoms. The van der Waals surface area contributed by atoms with Gasteiger partial charge < -0.3 is 5.11 Å². The second-order valence-electron chi connectivity index (χ2n) is 17.7. The number of aliphatic hydroxyl groups is 1. The Hall–Kier alpha value is -5.15. The number of aliphatic hydroxyl groups excluding tert-OH is 1. The minimum atomic E-state index is -0.0607. The fourth-order valence-electron chi connectivity index (χ4n) is 10.8. The number of benzene rings is 5. The molecule has 10 aromatic rings. The number of thiophene rings is 3. The molecule has 1 aliphatic rings. The lowest BCUT2D eigenvalue weighted by atomic mass is 9.76. The molecule has 0 atom stereocenters. The molecule has 5 aromatic heterocycles. The van der Waals surface area contributed by atoms with Crippen molar-refractivity contribution in [2.24, 2.45) is 5.92 Å². The van der Waals surface area contributed by atoms with Gasteiger partial charge in [0.15, 0.2) is 5.78 Å². The summed E-state index contributed by atoms with van der Waals surface area (Å²) in [4.78, 5) is 42.2. The van der Waals surface area contributed by atoms with Gasteiger partial charge in [-0.25, -0.2) is 4.98 Å². The molecule has 1 aliphatic carbocycles. The smallest absolute Gasteiger partial charge is 0.264 e. The molecule has 0 amide bonds. The van der Waals surface area contributed by atoms with Gasteiger partial charge in [0.25, 0.3) is 5.56 Å². The van der Waals surface area contributed by atoms with Gasteiger partial charge in [0.1, 0.15) is 16.9 Å². The molecule has 5 heterocycles. The van der Waals surface area contributed by atoms with Crippen LogP contribution in [0, 0.1) is 19.8 Å². The molecule has 8 heteroatoms. The highest BCUT2D eigenvalue weighted by atomic mass is 32.1. The number of unbranched alkanes of at least 4 members (excludes halogenated alkanes) is 8. The Morgan fingerprint density at radius 1 is 0.565 bits per heavy atom. The molecule has 5 aromatic carbocycles. The molecule has 0 fully saturated rings. The molecule has 0 radical (unpaired) electrons. The fourth-order valence-corrected chi connectivity index (χ4v) is 14.0. The molecular weight excluding hydrogens is 821 g/mol. The summed E-state index contributed by atoms with van der Waals surface area (Å²) in [5, 5.41) is 21.8. The van der Waals surface area contributed by atoms with Crippen LogP contribution in [0.1, 0.15) is 117 Å². The predicted octanol–water partition coefficient (Wildman–Crippen LogP) is 16.4. The van der Waals surface area contributed by atoms with E-state index >= 15 is 4.79 Å². The van der Waals surface area contributed by atoms with Gasteiger partial charge in [0.05, 0.1) is 15.3 Å². The zero-order valence-corrected chi connectivity index (χ0v) is 38.3. The van der Waals surface area contributed by atoms with Crippen molar-refractivity contribution in [1.29, 1.82) is 0 Å². The zero-order valence-electron chi connectivity index (χ0n) is 35.9. The number of hydrogen-bond donors (Lipinski definition) is 1. The summed E-state index contributed by atoms with van der Waals surface area (Å²) < 4.78 is 1.88. The normalized spacial score (nSPS) is 13.5. The number of rotatable bonds is 15. The summed E-state index contributed by atoms with van der Waals surface area (Å²) in [6.07, 6.45) is 13.6. The minimum absolute atomic E-state index is 0.0201. The zero-order chi connectivity index (χ0) is 42.4. The van der Waals surface area contributed by atoms with Crippen molar-refractivity contribution in [3.05, 3.63) is 110 Å². The van der Waals surface area contributed by atoms with Gasteiger partial charge in [-0.2, -0.15) is 0 Å². The number of hydrogen-bond acceptors (Lipinski definition) is 7. The van der Waals surface area contributed by atoms with Crippen LogP contribution in [0.2, 0.25) is 0 Å². The van der Waals surface area contributed by atoms with E-state index in [2.05, 4.69) is 82.3 Å². The quantitative estimate of drug-likeness (QED) is 0.0633. The van der Waals surface area contributed by atoms with Crippen molar-refractivity contribution in [2.45, 2.75) is 105 Å². The number of aromatic nitrogens is 2. The molecular formula is C54H50N2O3S3. The molecule has 0 aliphatic heterocycles. The first kappa shape index (κ1) is 39.7. The maximum absolute atomic E-state index is 15.1. The molecule has 0 spiro atoms. The third-order valence-corrected chi connectivity index (χ3v) is 17.3. The summed E-state index contributed by atoms with van der Waals surface area (Å²) in [6.45, 7) is 8.74. The predicted molar refractivity (Wildman–Crippen MR) is 267 cm³/mol. The number of Topliss-reactive ketones (excluding diaryl/α,β-unsaturated/α-hetero) is 1. The molecule has 11 rings (SSSR count). The number of carbonyl (C=O) groups excluding carboxylic acids is 1. The van der Waals surface area contributed by atoms with E-state index in [1.54, 1.807) is 34.0 Å². The number of aryl methyl sites for hydroxylation is 2. The maximum Gasteiger partial charge on any atom is 0.264 e. The Morgan fingerprint density at radius 2 is 1.08 bits per heavy atom. The van der Waals surface area contributed by atoms with Gasteiger partial charge in [-0.1, -0.05) is 102 Å². The van der Waals surface area contributed by atoms with Gasteiger partial charge in [-0.3, -0.25) is 14.0 Å². The monoisotopic (exact) mass is 870 g/mol. The Balaban J connectivity index is 1.11. The third-order valence-electron chi connectivity index (χ3n) is 13.7. The molecule has 0 saturated carbocycles. The molecule has 1 N–H and O–H groups in total. The first-order chi connectivity index (χ1) is 30.3. The van der Waals surface area contributed by atoms with Crippen LogP contribution < -0.4 is 5.56 Å². The average Bonchev–Trinajstić information content (AvgIpc) is 4.08. The lowest BCUT2D eigenvalue weighted by Crippen LogP contribution is -2.20. The van der Waals surface area contributed by atoms with Crippen molar-refractivity contribution in [1.82, 2.24) is 9.38 Å². The standard InChI is InChI=1S/C54H50N2O3S3/c1-5-7-9-11-13-15-31(16-14-12-10-8-6-2)42-49(57)36-23-19-32-34-21-25-38-46-39(26-22-35(44(34)46)33-20-24-37(50(42)58)45(36)43(32)33)54(59)56-48-47(55-53(38)56)51(40-27-17-29(3)60-40)62-52(48)41-28-18-30(4)61-41/h17-28,31,57H,5-16H2,1-4H3. The topological polar surface area (TPSA) is 71.7 Å². The number of fused-ring (bicyclic) bond motifs is 6. The maximum atomic E-state index is 15.1. The summed E-state index contributed by atoms with van der Waals surface area (Å²) in [6, 6.07) is 25.4. The van der Waals surface area contributed by atoms with Gasteiger partial charge in [0.2, 0.25) is 0 Å². The number of pyridine rings is 1. The van der Waals surface area contributed by atoms with Crippen molar-refractivity contribution < 1.29 is 9.90 Å². The minimum Gasteiger partial charge on any atom is -0.507 e. The second-order valence-corrected chi connectivity index (χ2v) is 21.3. The highest BCUT2D eigenvalue weighted by molar-refractivity contribution is 7.28. The van der Waals surface area contributed by atoms with Crippen molar-refractivity contribution in [3.8, 4) is 19.5 Å². The highest BCUT2D eigenvalue weighted by Gasteiger charge is 2.34. The Bertz CT molecular complexity index is 3450. The highest BCUT2D eigenvalue weighted by Crippen LogP contribution is 2.51. The van der Waals surface area contributed by atoms with E-state index in [0.717, 1.165) is 123 Å². The van der Waals surface area contributed by atoms with Crippen LogP contribution in [0.4, 0.5) is 0 Å². The second kappa shape index (κ2) is 15.6. The SMILES string of the molecule is CCCCCCCC(CCCCCCC)C1=C(O)c2ccc3c4ccc5c6c(ccc(c7ccc(c2c73)C1=O)c46)c(=O)n1c5nc2c(-c3ccc(C)s3)sc(-c3ccc(C)s3)c21. The van der Waals surface area contributed by atoms with Crippen LogP contribution >= 0.6 is 34.0 Å². The number of imidazole rings is 1. The van der Waals surface area contributed by atoms with Gasteiger partial charge in [-0.05, 0) is 113 Å². The van der Waals surface area contributed by atoms with Crippen molar-refractivity contribution in [2.75, 3.05) is 0 Å². The number of carbonyl (C=O) groups is 1. The van der Waals surface area contributed by atoms with Crippen LogP contribution in [-0.2, 0) is 0 Å². The number of ketones is 1. The Morgan fingerprint density at radius 3 is 1.68 bits per heavy atom. The van der Waals surface area contributed by atoms with Crippen molar-refractivity contribution in [3.63, 3.8) is 0 Å². The van der Waals surface area contributed by atoms with Gasteiger partial charge >= 0.3 is 0 Å². The van der Waals surface area contributed by atoms with Crippen LogP contribution in [0.5, 0.6) is 0 Å². The van der Waals surface area contributed by atoms with Crippen LogP contribution in [0.25, 0.3) is 95.8 Å². The lowest BCUT2D eigenvalue weighted by Gasteiger charge is -2.27. The summed E-state index contributed by atoms with van der Waals surface area (Å²) >= 11 is 5.24. The molecule has 312 valence electrons. The van der Waals surface area contributed by atoms with Crippen LogP contribution in [-0.4, -0.2) is 20.3 Å². The van der Waals surface area contributed by atoms with Crippen molar-refractivity contribution >= 4 is 116 Å². The van der Waals surface area contributed by atoms with E-state index in [-0.39, 0.29) is 23.0 Å². The average molecular weight is 871 g/mol. The van der Waals surface area contributed by atoms with E-state index in [4.69, 9.17) is 4.98 Å². The first-order valence-corrected chi connectivity index (χ1v) is 25.2. The Labute approximate surface area is 373 Å². The van der Waals surface area contributed by atoms with E-state index in [0.29, 0.717) is 22.2 Å². The largest absolute Gasteiger partial charge is 0.507 e. The van der Waals surface area contributed by atoms with Gasteiger partial charge in [-0.15, -0.1) is 34.0 Å². The van der Waals surface area contributed by atoms with E-state index in [9.17, 15) is 9.90 Å². The lowest BCUT2D eigenvalue weighted by molar-refractivity contribution is 0.101. The molecule has 0 unspecified atom stereocenters. The molecule has 0 bridgehead atoms. The van der Waals surface area contributed by atoms with E-state index in [1.807, 2.05) is 22.6 Å². The fraction of sp³-hybridized carbons (Fsp3) is 0.315. The molecule has 0 saturated heterocycles. The number of allylic oxidation sites excluding steroid dienone is 1. The summed E-state index contributed by atoms with van der Waals surface area (Å²) in [5.74, 6) is 0.184. The summed E-state index contributed by atoms with van der Waals surface area (Å²) in [7, 11) is 0. The number of nitrogens with zero attached hydrogens (tertiary/aromatic N) is 2. The summed E-state index contributed by atoms with van der Waals surface area (Å²) in [5.41, 5.74) is 4.44. The van der Waals surface area contributed by atoms with Crippen LogP contribution in [0.15, 0.2) is 83.2 Å². The van der Waals surface area contributed by atoms with Gasteiger partial charge in [0, 0.05) is 57.8 Å².